The highest BCUT2D eigenvalue weighted by Crippen LogP contribution is 2.25. The third-order valence-electron chi connectivity index (χ3n) is 2.72. The van der Waals surface area contributed by atoms with Crippen molar-refractivity contribution in [3.05, 3.63) is 67.9 Å². The normalized spacial score (nSPS) is 10.4. The standard InChI is InChI=1S/C14H10BrClFNO3/c15-11-2-1-10(14(5-11)18(19)20)8-21-13-4-9(7-16)3-12(17)6-13/h1-6H,7-8H2. The van der Waals surface area contributed by atoms with Crippen molar-refractivity contribution in [2.24, 2.45) is 0 Å². The molecular weight excluding hydrogens is 365 g/mol. The lowest BCUT2D eigenvalue weighted by atomic mass is 10.2. The number of benzene rings is 2. The molecular formula is C14H10BrClFNO3. The minimum Gasteiger partial charge on any atom is -0.489 e. The van der Waals surface area contributed by atoms with Gasteiger partial charge in [0.1, 0.15) is 18.2 Å². The summed E-state index contributed by atoms with van der Waals surface area (Å²) in [5.41, 5.74) is 0.926. The highest BCUT2D eigenvalue weighted by atomic mass is 79.9. The van der Waals surface area contributed by atoms with E-state index in [4.69, 9.17) is 16.3 Å². The zero-order chi connectivity index (χ0) is 15.4. The summed E-state index contributed by atoms with van der Waals surface area (Å²) < 4.78 is 19.4. The van der Waals surface area contributed by atoms with Crippen LogP contribution >= 0.6 is 27.5 Å². The first kappa shape index (κ1) is 15.7. The van der Waals surface area contributed by atoms with Crippen LogP contribution < -0.4 is 4.74 Å². The number of halogens is 3. The Morgan fingerprint density at radius 1 is 1.29 bits per heavy atom. The Labute approximate surface area is 133 Å². The smallest absolute Gasteiger partial charge is 0.277 e. The van der Waals surface area contributed by atoms with E-state index in [1.807, 2.05) is 0 Å². The van der Waals surface area contributed by atoms with Crippen LogP contribution in [0.4, 0.5) is 10.1 Å². The number of nitrogens with zero attached hydrogens (tertiary/aromatic N) is 1. The van der Waals surface area contributed by atoms with Crippen molar-refractivity contribution < 1.29 is 14.1 Å². The van der Waals surface area contributed by atoms with Crippen molar-refractivity contribution in [3.8, 4) is 5.75 Å². The molecule has 0 spiro atoms. The highest BCUT2D eigenvalue weighted by molar-refractivity contribution is 9.10. The average Bonchev–Trinajstić information content (AvgIpc) is 2.45. The predicted octanol–water partition coefficient (Wildman–Crippen LogP) is 4.81. The number of hydrogen-bond donors (Lipinski definition) is 0. The van der Waals surface area contributed by atoms with E-state index < -0.39 is 10.7 Å². The molecule has 4 nitrogen and oxygen atoms in total. The summed E-state index contributed by atoms with van der Waals surface area (Å²) in [7, 11) is 0. The first-order valence-corrected chi connectivity index (χ1v) is 7.23. The van der Waals surface area contributed by atoms with Gasteiger partial charge in [0.2, 0.25) is 0 Å². The van der Waals surface area contributed by atoms with Gasteiger partial charge in [-0.2, -0.15) is 0 Å². The first-order valence-electron chi connectivity index (χ1n) is 5.90. The quantitative estimate of drug-likeness (QED) is 0.428. The van der Waals surface area contributed by atoms with Crippen molar-refractivity contribution in [3.63, 3.8) is 0 Å². The lowest BCUT2D eigenvalue weighted by molar-refractivity contribution is -0.385. The lowest BCUT2D eigenvalue weighted by Gasteiger charge is -2.08. The Morgan fingerprint density at radius 2 is 2.05 bits per heavy atom. The molecule has 0 saturated carbocycles. The molecule has 0 radical (unpaired) electrons. The second-order valence-corrected chi connectivity index (χ2v) is 5.43. The number of ether oxygens (including phenoxy) is 1. The molecule has 0 aliphatic carbocycles. The van der Waals surface area contributed by atoms with Gasteiger partial charge < -0.3 is 4.74 Å². The Balaban J connectivity index is 2.20. The largest absolute Gasteiger partial charge is 0.489 e. The van der Waals surface area contributed by atoms with Crippen LogP contribution in [-0.4, -0.2) is 4.92 Å². The number of hydrogen-bond acceptors (Lipinski definition) is 3. The molecule has 0 N–H and O–H groups in total. The van der Waals surface area contributed by atoms with E-state index in [0.29, 0.717) is 15.6 Å². The van der Waals surface area contributed by atoms with Gasteiger partial charge in [0.05, 0.1) is 10.5 Å². The molecule has 2 rings (SSSR count). The summed E-state index contributed by atoms with van der Waals surface area (Å²) in [6.07, 6.45) is 0. The highest BCUT2D eigenvalue weighted by Gasteiger charge is 2.14. The molecule has 0 aromatic heterocycles. The van der Waals surface area contributed by atoms with Crippen LogP contribution in [0.25, 0.3) is 0 Å². The van der Waals surface area contributed by atoms with Crippen LogP contribution in [0.5, 0.6) is 5.75 Å². The van der Waals surface area contributed by atoms with E-state index in [0.717, 1.165) is 0 Å². The molecule has 2 aromatic rings. The molecule has 0 saturated heterocycles. The Bertz CT molecular complexity index is 681. The summed E-state index contributed by atoms with van der Waals surface area (Å²) >= 11 is 8.84. The van der Waals surface area contributed by atoms with E-state index >= 15 is 0 Å². The number of rotatable bonds is 5. The summed E-state index contributed by atoms with van der Waals surface area (Å²) in [6, 6.07) is 8.78. The maximum Gasteiger partial charge on any atom is 0.277 e. The van der Waals surface area contributed by atoms with Crippen LogP contribution in [0.3, 0.4) is 0 Å². The molecule has 0 bridgehead atoms. The lowest BCUT2D eigenvalue weighted by Crippen LogP contribution is -2.01. The maximum atomic E-state index is 13.3. The van der Waals surface area contributed by atoms with Crippen molar-refractivity contribution in [2.45, 2.75) is 12.5 Å². The molecule has 0 fully saturated rings. The zero-order valence-corrected chi connectivity index (χ0v) is 13.0. The second-order valence-electron chi connectivity index (χ2n) is 4.25. The molecule has 0 heterocycles. The Hall–Kier alpha value is -1.66. The van der Waals surface area contributed by atoms with E-state index in [9.17, 15) is 14.5 Å². The summed E-state index contributed by atoms with van der Waals surface area (Å²) in [5, 5.41) is 11.0. The van der Waals surface area contributed by atoms with Crippen LogP contribution in [-0.2, 0) is 12.5 Å². The molecule has 0 atom stereocenters. The van der Waals surface area contributed by atoms with Crippen LogP contribution in [0, 0.1) is 15.9 Å². The predicted molar refractivity (Wildman–Crippen MR) is 81.1 cm³/mol. The minimum absolute atomic E-state index is 0.0330. The van der Waals surface area contributed by atoms with Gasteiger partial charge in [-0.05, 0) is 29.8 Å². The average molecular weight is 375 g/mol. The number of nitro benzene ring substituents is 1. The van der Waals surface area contributed by atoms with E-state index in [1.54, 1.807) is 18.2 Å². The van der Waals surface area contributed by atoms with Gasteiger partial charge in [-0.15, -0.1) is 11.6 Å². The van der Waals surface area contributed by atoms with Gasteiger partial charge in [0.15, 0.2) is 0 Å². The molecule has 21 heavy (non-hydrogen) atoms. The SMILES string of the molecule is O=[N+]([O-])c1cc(Br)ccc1COc1cc(F)cc(CCl)c1. The van der Waals surface area contributed by atoms with Crippen LogP contribution in [0.2, 0.25) is 0 Å². The van der Waals surface area contributed by atoms with Gasteiger partial charge >= 0.3 is 0 Å². The first-order chi connectivity index (χ1) is 9.99. The fraction of sp³-hybridized carbons (Fsp3) is 0.143. The van der Waals surface area contributed by atoms with Crippen LogP contribution in [0.1, 0.15) is 11.1 Å². The fourth-order valence-corrected chi connectivity index (χ4v) is 2.27. The molecule has 110 valence electrons. The van der Waals surface area contributed by atoms with Gasteiger partial charge in [0, 0.05) is 22.5 Å². The van der Waals surface area contributed by atoms with Gasteiger partial charge in [-0.1, -0.05) is 15.9 Å². The third kappa shape index (κ3) is 4.15. The van der Waals surface area contributed by atoms with Crippen molar-refractivity contribution in [1.29, 1.82) is 0 Å². The molecule has 0 amide bonds. The zero-order valence-electron chi connectivity index (χ0n) is 10.7. The topological polar surface area (TPSA) is 52.4 Å². The molecule has 7 heteroatoms. The van der Waals surface area contributed by atoms with E-state index in [2.05, 4.69) is 15.9 Å². The van der Waals surface area contributed by atoms with Gasteiger partial charge in [0.25, 0.3) is 5.69 Å². The Kier molecular flexibility index (Phi) is 5.14. The molecule has 0 aliphatic rings. The van der Waals surface area contributed by atoms with Crippen LogP contribution in [0.15, 0.2) is 40.9 Å². The molecule has 0 unspecified atom stereocenters. The fourth-order valence-electron chi connectivity index (χ4n) is 1.77. The van der Waals surface area contributed by atoms with Gasteiger partial charge in [-0.25, -0.2) is 4.39 Å². The summed E-state index contributed by atoms with van der Waals surface area (Å²) in [6.45, 7) is -0.0330. The van der Waals surface area contributed by atoms with Gasteiger partial charge in [-0.3, -0.25) is 10.1 Å². The molecule has 2 aromatic carbocycles. The van der Waals surface area contributed by atoms with Crippen molar-refractivity contribution >= 4 is 33.2 Å². The third-order valence-corrected chi connectivity index (χ3v) is 3.53. The number of nitro groups is 1. The molecule has 0 aliphatic heterocycles. The van der Waals surface area contributed by atoms with E-state index in [1.165, 1.54) is 18.2 Å². The van der Waals surface area contributed by atoms with Crippen molar-refractivity contribution in [2.75, 3.05) is 0 Å². The summed E-state index contributed by atoms with van der Waals surface area (Å²) in [4.78, 5) is 10.5. The van der Waals surface area contributed by atoms with E-state index in [-0.39, 0.29) is 23.9 Å². The Morgan fingerprint density at radius 3 is 2.71 bits per heavy atom. The van der Waals surface area contributed by atoms with Crippen molar-refractivity contribution in [1.82, 2.24) is 0 Å². The minimum atomic E-state index is -0.487. The summed E-state index contributed by atoms with van der Waals surface area (Å²) in [5.74, 6) is -0.0247. The second kappa shape index (κ2) is 6.87. The maximum absolute atomic E-state index is 13.3. The number of alkyl halides is 1. The monoisotopic (exact) mass is 373 g/mol.